The number of nitrogens with one attached hydrogen (secondary N) is 1. The SMILES string of the molecule is c1ccc(-n2c3ccccc3c3c(C4=NC(c5cccc6oc7ccccc7c56)NC(c5cc(-n6c7ccccc7c7cc8ccccc8cc76)cc6oc7ccccc7c56)=N4)cccc32)cc1. The number of hydrogen-bond donors (Lipinski definition) is 1. The zero-order chi connectivity index (χ0) is 44.5. The molecule has 0 amide bonds. The summed E-state index contributed by atoms with van der Waals surface area (Å²) in [5.41, 5.74) is 12.6. The zero-order valence-corrected chi connectivity index (χ0v) is 36.4. The van der Waals surface area contributed by atoms with Crippen LogP contribution in [0.3, 0.4) is 0 Å². The molecule has 4 aromatic heterocycles. The van der Waals surface area contributed by atoms with Crippen LogP contribution in [0.5, 0.6) is 0 Å². The molecular formula is C61H37N5O2. The van der Waals surface area contributed by atoms with Gasteiger partial charge in [0.1, 0.15) is 34.3 Å². The smallest absolute Gasteiger partial charge is 0.160 e. The van der Waals surface area contributed by atoms with Gasteiger partial charge in [-0.3, -0.25) is 0 Å². The normalized spacial score (nSPS) is 14.3. The van der Waals surface area contributed by atoms with Gasteiger partial charge in [-0.2, -0.15) is 0 Å². The highest BCUT2D eigenvalue weighted by atomic mass is 16.3. The van der Waals surface area contributed by atoms with Crippen molar-refractivity contribution in [1.82, 2.24) is 14.5 Å². The highest BCUT2D eigenvalue weighted by Crippen LogP contribution is 2.42. The van der Waals surface area contributed by atoms with Gasteiger partial charge < -0.3 is 23.3 Å². The number of para-hydroxylation sites is 5. The molecule has 1 N–H and O–H groups in total. The first-order valence-corrected chi connectivity index (χ1v) is 23.0. The summed E-state index contributed by atoms with van der Waals surface area (Å²) in [5, 5.41) is 15.0. The van der Waals surface area contributed by atoms with Crippen LogP contribution in [0.15, 0.2) is 231 Å². The maximum atomic E-state index is 6.84. The number of benzene rings is 10. The Morgan fingerprint density at radius 3 is 1.79 bits per heavy atom. The van der Waals surface area contributed by atoms with E-state index in [4.69, 9.17) is 18.8 Å². The van der Waals surface area contributed by atoms with Gasteiger partial charge >= 0.3 is 0 Å². The third-order valence-corrected chi connectivity index (χ3v) is 13.9. The maximum Gasteiger partial charge on any atom is 0.160 e. The number of hydrogen-bond acceptors (Lipinski definition) is 5. The van der Waals surface area contributed by atoms with E-state index in [1.165, 1.54) is 21.5 Å². The number of fused-ring (bicyclic) bond motifs is 13. The number of furan rings is 2. The summed E-state index contributed by atoms with van der Waals surface area (Å²) in [7, 11) is 0. The van der Waals surface area contributed by atoms with Crippen LogP contribution in [0.25, 0.3) is 110 Å². The predicted molar refractivity (Wildman–Crippen MR) is 279 cm³/mol. The standard InChI is InChI=1S/C61H37N5O2/c1-2-18-38(19-3-1)65-49-27-11-7-21-41(49)56-44(24-14-28-50(56)65)59-62-60(45-25-15-31-54-57(45)42-22-8-12-29-52(42)67-54)64-61(63-59)47-34-39(35-55-58(47)43-23-9-13-30-53(43)68-55)66-48-26-10-6-20-40(48)46-32-36-16-4-5-17-37(36)33-51(46)66/h1-35,60H,(H,62,63,64). The van der Waals surface area contributed by atoms with E-state index in [0.717, 1.165) is 105 Å². The van der Waals surface area contributed by atoms with Crippen LogP contribution in [0.1, 0.15) is 22.9 Å². The fourth-order valence-electron chi connectivity index (χ4n) is 11.0. The Morgan fingerprint density at radius 2 is 0.985 bits per heavy atom. The van der Waals surface area contributed by atoms with Crippen molar-refractivity contribution in [3.8, 4) is 11.4 Å². The largest absolute Gasteiger partial charge is 0.456 e. The second-order valence-corrected chi connectivity index (χ2v) is 17.7. The monoisotopic (exact) mass is 871 g/mol. The van der Waals surface area contributed by atoms with Crippen LogP contribution in [-0.4, -0.2) is 20.8 Å². The first-order chi connectivity index (χ1) is 33.7. The van der Waals surface area contributed by atoms with E-state index in [9.17, 15) is 0 Å². The average molecular weight is 872 g/mol. The van der Waals surface area contributed by atoms with E-state index >= 15 is 0 Å². The Morgan fingerprint density at radius 1 is 0.382 bits per heavy atom. The lowest BCUT2D eigenvalue weighted by Crippen LogP contribution is -2.34. The van der Waals surface area contributed by atoms with E-state index in [2.05, 4.69) is 196 Å². The van der Waals surface area contributed by atoms with Crippen LogP contribution in [0.2, 0.25) is 0 Å². The quantitative estimate of drug-likeness (QED) is 0.187. The first-order valence-electron chi connectivity index (χ1n) is 23.0. The molecule has 318 valence electrons. The zero-order valence-electron chi connectivity index (χ0n) is 36.4. The highest BCUT2D eigenvalue weighted by molar-refractivity contribution is 6.26. The van der Waals surface area contributed by atoms with Crippen molar-refractivity contribution in [1.29, 1.82) is 0 Å². The molecule has 1 atom stereocenters. The van der Waals surface area contributed by atoms with Crippen LogP contribution in [0.4, 0.5) is 0 Å². The second kappa shape index (κ2) is 14.1. The fraction of sp³-hybridized carbons (Fsp3) is 0.0164. The molecule has 0 fully saturated rings. The molecule has 5 heterocycles. The van der Waals surface area contributed by atoms with Crippen LogP contribution in [0, 0.1) is 0 Å². The third-order valence-electron chi connectivity index (χ3n) is 13.9. The number of aromatic nitrogens is 2. The maximum absolute atomic E-state index is 6.84. The summed E-state index contributed by atoms with van der Waals surface area (Å²) in [6.45, 7) is 0. The topological polar surface area (TPSA) is 72.9 Å². The van der Waals surface area contributed by atoms with Crippen molar-refractivity contribution in [3.63, 3.8) is 0 Å². The van der Waals surface area contributed by atoms with E-state index in [0.29, 0.717) is 11.7 Å². The van der Waals surface area contributed by atoms with Crippen molar-refractivity contribution in [2.75, 3.05) is 0 Å². The van der Waals surface area contributed by atoms with Gasteiger partial charge in [-0.05, 0) is 77.5 Å². The third kappa shape index (κ3) is 5.35. The van der Waals surface area contributed by atoms with E-state index in [-0.39, 0.29) is 0 Å². The molecule has 1 aliphatic heterocycles. The van der Waals surface area contributed by atoms with E-state index in [1.54, 1.807) is 0 Å². The van der Waals surface area contributed by atoms with Gasteiger partial charge in [-0.15, -0.1) is 0 Å². The molecule has 14 aromatic rings. The minimum atomic E-state index is -0.545. The highest BCUT2D eigenvalue weighted by Gasteiger charge is 2.29. The molecule has 1 aliphatic rings. The summed E-state index contributed by atoms with van der Waals surface area (Å²) in [6.07, 6.45) is -0.545. The molecular weight excluding hydrogens is 835 g/mol. The summed E-state index contributed by atoms with van der Waals surface area (Å²) in [5.74, 6) is 1.32. The fourth-order valence-corrected chi connectivity index (χ4v) is 11.0. The van der Waals surface area contributed by atoms with Crippen molar-refractivity contribution in [2.45, 2.75) is 6.17 Å². The Labute approximate surface area is 388 Å². The van der Waals surface area contributed by atoms with Gasteiger partial charge in [0.25, 0.3) is 0 Å². The summed E-state index contributed by atoms with van der Waals surface area (Å²) >= 11 is 0. The first kappa shape index (κ1) is 37.1. The van der Waals surface area contributed by atoms with Crippen LogP contribution >= 0.6 is 0 Å². The summed E-state index contributed by atoms with van der Waals surface area (Å²) < 4.78 is 18.0. The molecule has 0 saturated carbocycles. The molecule has 0 spiro atoms. The van der Waals surface area contributed by atoms with Crippen molar-refractivity contribution in [3.05, 3.63) is 229 Å². The van der Waals surface area contributed by atoms with Crippen LogP contribution in [-0.2, 0) is 0 Å². The Kier molecular flexibility index (Phi) is 7.71. The van der Waals surface area contributed by atoms with E-state index < -0.39 is 6.17 Å². The molecule has 0 radical (unpaired) electrons. The average Bonchev–Trinajstić information content (AvgIpc) is 4.15. The molecule has 1 unspecified atom stereocenters. The summed E-state index contributed by atoms with van der Waals surface area (Å²) in [6, 6.07) is 74.9. The van der Waals surface area contributed by atoms with Crippen molar-refractivity contribution >= 4 is 110 Å². The summed E-state index contributed by atoms with van der Waals surface area (Å²) in [4.78, 5) is 11.3. The predicted octanol–water partition coefficient (Wildman–Crippen LogP) is 15.3. The van der Waals surface area contributed by atoms with Gasteiger partial charge in [-0.1, -0.05) is 140 Å². The number of rotatable bonds is 5. The molecule has 7 nitrogen and oxygen atoms in total. The Hall–Kier alpha value is -9.20. The van der Waals surface area contributed by atoms with Gasteiger partial charge in [0.2, 0.25) is 0 Å². The second-order valence-electron chi connectivity index (χ2n) is 17.7. The number of amidine groups is 2. The minimum absolute atomic E-state index is 0.545. The molecule has 0 bridgehead atoms. The minimum Gasteiger partial charge on any atom is -0.456 e. The van der Waals surface area contributed by atoms with Gasteiger partial charge in [0.05, 0.1) is 27.8 Å². The van der Waals surface area contributed by atoms with Crippen molar-refractivity contribution < 1.29 is 8.83 Å². The Balaban J connectivity index is 1.03. The van der Waals surface area contributed by atoms with Gasteiger partial charge in [-0.25, -0.2) is 9.98 Å². The molecule has 10 aromatic carbocycles. The molecule has 0 saturated heterocycles. The molecule has 0 aliphatic carbocycles. The Bertz CT molecular complexity index is 4490. The van der Waals surface area contributed by atoms with Crippen LogP contribution < -0.4 is 5.32 Å². The lowest BCUT2D eigenvalue weighted by Gasteiger charge is -2.25. The molecule has 15 rings (SSSR count). The lowest BCUT2D eigenvalue weighted by atomic mass is 10.00. The lowest BCUT2D eigenvalue weighted by molar-refractivity contribution is 0.662. The molecule has 7 heteroatoms. The van der Waals surface area contributed by atoms with E-state index in [1.807, 2.05) is 30.3 Å². The molecule has 68 heavy (non-hydrogen) atoms. The number of nitrogens with zero attached hydrogens (tertiary/aromatic N) is 4. The van der Waals surface area contributed by atoms with Crippen molar-refractivity contribution in [2.24, 2.45) is 9.98 Å². The van der Waals surface area contributed by atoms with Gasteiger partial charge in [0, 0.05) is 71.5 Å². The van der Waals surface area contributed by atoms with Gasteiger partial charge in [0.15, 0.2) is 5.84 Å². The number of aliphatic imine (C=N–C) groups is 2.